The Morgan fingerprint density at radius 3 is 1.75 bits per heavy atom. The Morgan fingerprint density at radius 1 is 0.689 bits per heavy atom. The number of aliphatic hydroxyl groups is 2. The number of hydrogen-bond acceptors (Lipinski definition) is 10. The van der Waals surface area contributed by atoms with Crippen LogP contribution in [0.3, 0.4) is 0 Å². The van der Waals surface area contributed by atoms with E-state index in [9.17, 15) is 19.0 Å². The lowest BCUT2D eigenvalue weighted by molar-refractivity contribution is 0.188. The number of benzene rings is 2. The first-order valence-corrected chi connectivity index (χ1v) is 19.5. The molecule has 2 aromatic carbocycles. The van der Waals surface area contributed by atoms with Crippen LogP contribution >= 0.6 is 11.6 Å². The van der Waals surface area contributed by atoms with Crippen molar-refractivity contribution < 1.29 is 19.0 Å². The molecule has 0 fully saturated rings. The summed E-state index contributed by atoms with van der Waals surface area (Å²) >= 11 is 6.11. The summed E-state index contributed by atoms with van der Waals surface area (Å²) in [6.45, 7) is 4.31. The number of anilines is 1. The van der Waals surface area contributed by atoms with Gasteiger partial charge in [-0.25, -0.2) is 23.3 Å². The van der Waals surface area contributed by atoms with Crippen LogP contribution in [0.4, 0.5) is 14.6 Å². The number of nitrogens with one attached hydrogen (secondary N) is 3. The molecule has 0 aliphatic rings. The van der Waals surface area contributed by atoms with Crippen molar-refractivity contribution in [1.82, 2.24) is 49.1 Å². The zero-order chi connectivity index (χ0) is 42.6. The Kier molecular flexibility index (Phi) is 11.7. The predicted molar refractivity (Wildman–Crippen MR) is 231 cm³/mol. The first-order chi connectivity index (χ1) is 29.6. The van der Waals surface area contributed by atoms with E-state index in [1.54, 1.807) is 41.4 Å². The molecule has 14 nitrogen and oxygen atoms in total. The number of rotatable bonds is 8. The van der Waals surface area contributed by atoms with Gasteiger partial charge in [0.15, 0.2) is 11.3 Å². The monoisotopic (exact) mass is 840 g/mol. The molecule has 0 saturated heterocycles. The normalized spacial score (nSPS) is 12.3. The number of aliphatic hydroxyl groups excluding tert-OH is 2. The van der Waals surface area contributed by atoms with E-state index in [-0.39, 0.29) is 13.1 Å². The molecule has 0 amide bonds. The van der Waals surface area contributed by atoms with Crippen LogP contribution in [0, 0.1) is 25.5 Å². The topological polar surface area (TPSA) is 196 Å². The molecule has 0 radical (unpaired) electrons. The molecule has 2 atom stereocenters. The molecule has 10 aromatic rings. The molecule has 8 aromatic heterocycles. The molecule has 0 aliphatic heterocycles. The van der Waals surface area contributed by atoms with Crippen molar-refractivity contribution in [3.8, 4) is 22.5 Å². The molecule has 0 unspecified atom stereocenters. The molecule has 0 bridgehead atoms. The number of H-pyrrole nitrogens is 2. The second-order valence-electron chi connectivity index (χ2n) is 14.1. The maximum absolute atomic E-state index is 13.7. The maximum Gasteiger partial charge on any atom is 0.160 e. The number of aromatic nitrogens is 10. The fraction of sp³-hybridized carbons (Fsp3) is 0.136. The number of nitrogens with zero attached hydrogens (tertiary/aromatic N) is 8. The van der Waals surface area contributed by atoms with E-state index >= 15 is 0 Å². The van der Waals surface area contributed by atoms with Crippen LogP contribution in [0.1, 0.15) is 34.5 Å². The highest BCUT2D eigenvalue weighted by atomic mass is 35.5. The highest BCUT2D eigenvalue weighted by Gasteiger charge is 2.17. The van der Waals surface area contributed by atoms with Gasteiger partial charge in [0.2, 0.25) is 0 Å². The molecular weight excluding hydrogens is 802 g/mol. The summed E-state index contributed by atoms with van der Waals surface area (Å²) < 4.78 is 30.0. The third-order valence-corrected chi connectivity index (χ3v) is 10.2. The van der Waals surface area contributed by atoms with E-state index in [1.165, 1.54) is 16.6 Å². The fourth-order valence-electron chi connectivity index (χ4n) is 6.81. The van der Waals surface area contributed by atoms with Crippen molar-refractivity contribution in [2.45, 2.75) is 26.1 Å². The Hall–Kier alpha value is -7.11. The standard InChI is InChI=1S/C22H19FN6O.C12H8ClFN4.C10H12N2O/c1-13-8-27-29-21(7-19(28-22(13)29)14-6-15(23)10-24-9-14)26-12-20(30)17-11-25-18-5-3-2-4-16(17)18;1-7-4-16-18-11(13)3-10(17-12(7)18)8-2-9(14)6-15-5-8;11-5-10(13)8-6-12-9-4-2-1-3-7(8)9/h2-11,20,25-26,30H,12H2,1H3;2-6H,1H3;1-4,6,10,12-13H,5,11H2/t20-;;10-/m1.1/s1. The van der Waals surface area contributed by atoms with Gasteiger partial charge < -0.3 is 31.2 Å². The summed E-state index contributed by atoms with van der Waals surface area (Å²) in [5.41, 5.74) is 14.5. The molecule has 0 aliphatic carbocycles. The van der Waals surface area contributed by atoms with Gasteiger partial charge in [-0.1, -0.05) is 48.0 Å². The number of nitrogens with two attached hydrogens (primary N) is 1. The van der Waals surface area contributed by atoms with Gasteiger partial charge in [0, 0.05) is 105 Å². The van der Waals surface area contributed by atoms with E-state index in [2.05, 4.69) is 45.4 Å². The first-order valence-electron chi connectivity index (χ1n) is 19.1. The lowest BCUT2D eigenvalue weighted by Gasteiger charge is -2.14. The molecule has 8 heterocycles. The summed E-state index contributed by atoms with van der Waals surface area (Å²) in [6.07, 6.45) is 11.1. The average Bonchev–Trinajstić information content (AvgIpc) is 4.09. The van der Waals surface area contributed by atoms with Crippen LogP contribution in [0.5, 0.6) is 0 Å². The van der Waals surface area contributed by atoms with E-state index in [1.807, 2.05) is 74.8 Å². The maximum atomic E-state index is 13.7. The van der Waals surface area contributed by atoms with Crippen molar-refractivity contribution in [1.29, 1.82) is 0 Å². The van der Waals surface area contributed by atoms with Crippen LogP contribution in [-0.4, -0.2) is 72.4 Å². The van der Waals surface area contributed by atoms with Crippen molar-refractivity contribution in [3.63, 3.8) is 0 Å². The van der Waals surface area contributed by atoms with Gasteiger partial charge in [-0.2, -0.15) is 14.7 Å². The van der Waals surface area contributed by atoms with Gasteiger partial charge in [0.1, 0.15) is 22.6 Å². The van der Waals surface area contributed by atoms with Crippen LogP contribution in [-0.2, 0) is 0 Å². The van der Waals surface area contributed by atoms with Crippen LogP contribution in [0.25, 0.3) is 55.6 Å². The van der Waals surface area contributed by atoms with Gasteiger partial charge in [0.25, 0.3) is 0 Å². The summed E-state index contributed by atoms with van der Waals surface area (Å²) in [6, 6.07) is 21.9. The summed E-state index contributed by atoms with van der Waals surface area (Å²) in [5, 5.41) is 34.5. The lowest BCUT2D eigenvalue weighted by atomic mass is 10.1. The SMILES string of the molecule is Cc1cnn2c(Cl)cc(-c3cncc(F)c3)nc12.Cc1cnn2c(NC[C@@H](O)c3c[nH]c4ccccc34)cc(-c3cncc(F)c3)nc12.NC[C@@H](O)c1c[nH]c2ccccc12. The number of fused-ring (bicyclic) bond motifs is 4. The number of aromatic amines is 2. The van der Waals surface area contributed by atoms with Crippen LogP contribution in [0.15, 0.2) is 122 Å². The minimum atomic E-state index is -0.736. The number of aryl methyl sites for hydroxylation is 2. The van der Waals surface area contributed by atoms with Crippen molar-refractivity contribution >= 4 is 50.5 Å². The quantitative estimate of drug-likeness (QED) is 0.0818. The number of para-hydroxylation sites is 2. The average molecular weight is 841 g/mol. The highest BCUT2D eigenvalue weighted by Crippen LogP contribution is 2.28. The van der Waals surface area contributed by atoms with Gasteiger partial charge in [-0.05, 0) is 38.1 Å². The molecule has 0 saturated carbocycles. The van der Waals surface area contributed by atoms with E-state index in [0.717, 1.165) is 56.5 Å². The Labute approximate surface area is 351 Å². The molecule has 17 heteroatoms. The molecule has 0 spiro atoms. The van der Waals surface area contributed by atoms with Crippen molar-refractivity contribution in [2.75, 3.05) is 18.4 Å². The molecule has 10 rings (SSSR count). The summed E-state index contributed by atoms with van der Waals surface area (Å²) in [7, 11) is 0. The second-order valence-corrected chi connectivity index (χ2v) is 14.5. The largest absolute Gasteiger partial charge is 0.387 e. The van der Waals surface area contributed by atoms with Crippen molar-refractivity contribution in [2.24, 2.45) is 5.73 Å². The zero-order valence-electron chi connectivity index (χ0n) is 32.8. The third-order valence-electron chi connectivity index (χ3n) is 9.91. The number of halogens is 3. The van der Waals surface area contributed by atoms with Crippen LogP contribution in [0.2, 0.25) is 5.15 Å². The fourth-order valence-corrected chi connectivity index (χ4v) is 7.04. The summed E-state index contributed by atoms with van der Waals surface area (Å²) in [4.78, 5) is 23.0. The zero-order valence-corrected chi connectivity index (χ0v) is 33.6. The van der Waals surface area contributed by atoms with Gasteiger partial charge in [-0.3, -0.25) is 9.97 Å². The summed E-state index contributed by atoms with van der Waals surface area (Å²) in [5.74, 6) is -0.189. The first kappa shape index (κ1) is 40.7. The molecule has 308 valence electrons. The van der Waals surface area contributed by atoms with Crippen molar-refractivity contribution in [3.05, 3.63) is 161 Å². The Balaban J connectivity index is 0.000000140. The Morgan fingerprint density at radius 2 is 1.20 bits per heavy atom. The number of hydrogen-bond donors (Lipinski definition) is 6. The minimum Gasteiger partial charge on any atom is -0.387 e. The van der Waals surface area contributed by atoms with E-state index in [4.69, 9.17) is 17.3 Å². The van der Waals surface area contributed by atoms with Crippen LogP contribution < -0.4 is 11.1 Å². The third kappa shape index (κ3) is 8.64. The second kappa shape index (κ2) is 17.6. The van der Waals surface area contributed by atoms with Gasteiger partial charge >= 0.3 is 0 Å². The lowest BCUT2D eigenvalue weighted by Crippen LogP contribution is -2.14. The van der Waals surface area contributed by atoms with Gasteiger partial charge in [-0.15, -0.1) is 0 Å². The highest BCUT2D eigenvalue weighted by molar-refractivity contribution is 6.30. The Bertz CT molecular complexity index is 3130. The van der Waals surface area contributed by atoms with Gasteiger partial charge in [0.05, 0.1) is 48.4 Å². The minimum absolute atomic E-state index is 0.252. The van der Waals surface area contributed by atoms with E-state index in [0.29, 0.717) is 44.8 Å². The predicted octanol–water partition coefficient (Wildman–Crippen LogP) is 7.92. The molecular formula is C44H39ClF2N12O2. The smallest absolute Gasteiger partial charge is 0.160 e. The van der Waals surface area contributed by atoms with E-state index < -0.39 is 23.8 Å². The number of pyridine rings is 2. The molecule has 61 heavy (non-hydrogen) atoms. The molecule has 7 N–H and O–H groups in total.